The molecule has 0 amide bonds. The van der Waals surface area contributed by atoms with Gasteiger partial charge in [0.25, 0.3) is 0 Å². The van der Waals surface area contributed by atoms with E-state index in [9.17, 15) is 4.39 Å². The second-order valence-corrected chi connectivity index (χ2v) is 4.01. The highest BCUT2D eigenvalue weighted by Gasteiger charge is 2.32. The average Bonchev–Trinajstić information content (AvgIpc) is 2.51. The molecule has 0 radical (unpaired) electrons. The highest BCUT2D eigenvalue weighted by atomic mass is 19.1. The molecule has 2 aliphatic rings. The summed E-state index contributed by atoms with van der Waals surface area (Å²) in [5, 5.41) is 3.51. The molecule has 2 aliphatic heterocycles. The summed E-state index contributed by atoms with van der Waals surface area (Å²) in [4.78, 5) is 0. The van der Waals surface area contributed by atoms with E-state index in [1.165, 1.54) is 18.4 Å². The molecule has 1 aromatic rings. The summed E-state index contributed by atoms with van der Waals surface area (Å²) in [6.45, 7) is 0. The van der Waals surface area contributed by atoms with Gasteiger partial charge in [-0.25, -0.2) is 4.39 Å². The van der Waals surface area contributed by atoms with Crippen molar-refractivity contribution in [2.45, 2.75) is 31.3 Å². The predicted octanol–water partition coefficient (Wildman–Crippen LogP) is 2.17. The van der Waals surface area contributed by atoms with Crippen LogP contribution in [0.5, 0.6) is 0 Å². The molecule has 1 N–H and O–H groups in total. The molecule has 1 fully saturated rings. The standard InChI is InChI=1S/C11H12FN/c12-10-3-1-2-8-9(10)6-7-4-5-11(8)13-7/h1-3,7,11,13H,4-6H2/t7-,11+/m0/s1. The lowest BCUT2D eigenvalue weighted by Gasteiger charge is -2.24. The third-order valence-corrected chi connectivity index (χ3v) is 3.22. The molecule has 0 unspecified atom stereocenters. The predicted molar refractivity (Wildman–Crippen MR) is 49.0 cm³/mol. The topological polar surface area (TPSA) is 12.0 Å². The van der Waals surface area contributed by atoms with Gasteiger partial charge < -0.3 is 5.32 Å². The van der Waals surface area contributed by atoms with Crippen molar-refractivity contribution >= 4 is 0 Å². The van der Waals surface area contributed by atoms with Gasteiger partial charge in [-0.3, -0.25) is 0 Å². The Bertz CT molecular complexity index is 348. The van der Waals surface area contributed by atoms with Gasteiger partial charge in [-0.05, 0) is 36.5 Å². The van der Waals surface area contributed by atoms with Gasteiger partial charge in [-0.2, -0.15) is 0 Å². The number of rotatable bonds is 0. The Morgan fingerprint density at radius 2 is 2.23 bits per heavy atom. The maximum Gasteiger partial charge on any atom is 0.126 e. The summed E-state index contributed by atoms with van der Waals surface area (Å²) in [6, 6.07) is 6.38. The van der Waals surface area contributed by atoms with Crippen LogP contribution in [-0.2, 0) is 6.42 Å². The van der Waals surface area contributed by atoms with Gasteiger partial charge >= 0.3 is 0 Å². The van der Waals surface area contributed by atoms with Crippen molar-refractivity contribution in [1.29, 1.82) is 0 Å². The van der Waals surface area contributed by atoms with E-state index in [0.29, 0.717) is 12.1 Å². The number of nitrogens with one attached hydrogen (secondary N) is 1. The Balaban J connectivity index is 2.16. The lowest BCUT2D eigenvalue weighted by molar-refractivity contribution is 0.491. The van der Waals surface area contributed by atoms with Crippen LogP contribution in [0, 0.1) is 5.82 Å². The van der Waals surface area contributed by atoms with Gasteiger partial charge in [0.15, 0.2) is 0 Å². The summed E-state index contributed by atoms with van der Waals surface area (Å²) < 4.78 is 13.4. The molecule has 3 rings (SSSR count). The van der Waals surface area contributed by atoms with Crippen LogP contribution < -0.4 is 5.32 Å². The summed E-state index contributed by atoms with van der Waals surface area (Å²) in [7, 11) is 0. The zero-order chi connectivity index (χ0) is 8.84. The largest absolute Gasteiger partial charge is 0.307 e. The minimum Gasteiger partial charge on any atom is -0.307 e. The zero-order valence-corrected chi connectivity index (χ0v) is 7.39. The van der Waals surface area contributed by atoms with Gasteiger partial charge in [0, 0.05) is 12.1 Å². The number of halogens is 1. The molecule has 0 aromatic heterocycles. The number of benzene rings is 1. The molecule has 2 heteroatoms. The molecule has 2 atom stereocenters. The summed E-state index contributed by atoms with van der Waals surface area (Å²) in [6.07, 6.45) is 3.23. The van der Waals surface area contributed by atoms with E-state index in [2.05, 4.69) is 11.4 Å². The van der Waals surface area contributed by atoms with Gasteiger partial charge in [0.1, 0.15) is 5.82 Å². The SMILES string of the molecule is Fc1cccc2c1C[C@@H]1CC[C@H]2N1. The monoisotopic (exact) mass is 177 g/mol. The third kappa shape index (κ3) is 1.02. The van der Waals surface area contributed by atoms with Crippen LogP contribution in [0.25, 0.3) is 0 Å². The van der Waals surface area contributed by atoms with E-state index in [1.54, 1.807) is 6.07 Å². The van der Waals surface area contributed by atoms with Crippen molar-refractivity contribution in [2.24, 2.45) is 0 Å². The van der Waals surface area contributed by atoms with Crippen molar-refractivity contribution in [3.8, 4) is 0 Å². The number of fused-ring (bicyclic) bond motifs is 4. The van der Waals surface area contributed by atoms with Crippen molar-refractivity contribution in [2.75, 3.05) is 0 Å². The van der Waals surface area contributed by atoms with Crippen molar-refractivity contribution in [1.82, 2.24) is 5.32 Å². The lowest BCUT2D eigenvalue weighted by atomic mass is 9.95. The first kappa shape index (κ1) is 7.51. The molecular weight excluding hydrogens is 165 g/mol. The van der Waals surface area contributed by atoms with Gasteiger partial charge in [-0.15, -0.1) is 0 Å². The van der Waals surface area contributed by atoms with Crippen LogP contribution in [0.1, 0.15) is 30.0 Å². The van der Waals surface area contributed by atoms with Gasteiger partial charge in [-0.1, -0.05) is 12.1 Å². The summed E-state index contributed by atoms with van der Waals surface area (Å²) in [5.74, 6) is -0.0177. The first-order valence-corrected chi connectivity index (χ1v) is 4.88. The van der Waals surface area contributed by atoms with Gasteiger partial charge in [0.05, 0.1) is 0 Å². The number of hydrogen-bond acceptors (Lipinski definition) is 1. The van der Waals surface area contributed by atoms with E-state index < -0.39 is 0 Å². The summed E-state index contributed by atoms with van der Waals surface area (Å²) in [5.41, 5.74) is 2.14. The quantitative estimate of drug-likeness (QED) is 0.640. The molecule has 68 valence electrons. The molecular formula is C11H12FN. The Morgan fingerprint density at radius 1 is 1.31 bits per heavy atom. The van der Waals surface area contributed by atoms with Crippen LogP contribution in [0.3, 0.4) is 0 Å². The molecule has 2 bridgehead atoms. The minimum atomic E-state index is -0.0177. The molecule has 0 aliphatic carbocycles. The van der Waals surface area contributed by atoms with E-state index in [1.807, 2.05) is 6.07 Å². The molecule has 0 spiro atoms. The first-order valence-electron chi connectivity index (χ1n) is 4.88. The molecule has 0 saturated carbocycles. The molecule has 1 nitrogen and oxygen atoms in total. The second kappa shape index (κ2) is 2.55. The summed E-state index contributed by atoms with van der Waals surface area (Å²) >= 11 is 0. The van der Waals surface area contributed by atoms with E-state index in [0.717, 1.165) is 12.0 Å². The fraction of sp³-hybridized carbons (Fsp3) is 0.455. The third-order valence-electron chi connectivity index (χ3n) is 3.22. The molecule has 2 heterocycles. The van der Waals surface area contributed by atoms with Crippen LogP contribution >= 0.6 is 0 Å². The van der Waals surface area contributed by atoms with Crippen molar-refractivity contribution in [3.05, 3.63) is 35.1 Å². The molecule has 13 heavy (non-hydrogen) atoms. The normalized spacial score (nSPS) is 30.2. The molecule has 1 saturated heterocycles. The van der Waals surface area contributed by atoms with Crippen molar-refractivity contribution < 1.29 is 4.39 Å². The smallest absolute Gasteiger partial charge is 0.126 e. The number of hydrogen-bond donors (Lipinski definition) is 1. The van der Waals surface area contributed by atoms with Gasteiger partial charge in [0.2, 0.25) is 0 Å². The maximum atomic E-state index is 13.4. The molecule has 1 aromatic carbocycles. The van der Waals surface area contributed by atoms with E-state index >= 15 is 0 Å². The zero-order valence-electron chi connectivity index (χ0n) is 7.39. The second-order valence-electron chi connectivity index (χ2n) is 4.01. The van der Waals surface area contributed by atoms with E-state index in [4.69, 9.17) is 0 Å². The van der Waals surface area contributed by atoms with E-state index in [-0.39, 0.29) is 5.82 Å². The fourth-order valence-electron chi connectivity index (χ4n) is 2.59. The Morgan fingerprint density at radius 3 is 3.15 bits per heavy atom. The van der Waals surface area contributed by atoms with Crippen LogP contribution in [-0.4, -0.2) is 6.04 Å². The van der Waals surface area contributed by atoms with Crippen LogP contribution in [0.4, 0.5) is 4.39 Å². The van der Waals surface area contributed by atoms with Crippen LogP contribution in [0.2, 0.25) is 0 Å². The highest BCUT2D eigenvalue weighted by Crippen LogP contribution is 2.36. The maximum absolute atomic E-state index is 13.4. The van der Waals surface area contributed by atoms with Crippen molar-refractivity contribution in [3.63, 3.8) is 0 Å². The fourth-order valence-corrected chi connectivity index (χ4v) is 2.59. The lowest BCUT2D eigenvalue weighted by Crippen LogP contribution is -2.32. The first-order chi connectivity index (χ1) is 6.34. The average molecular weight is 177 g/mol. The Hall–Kier alpha value is -0.890. The minimum absolute atomic E-state index is 0.0177. The van der Waals surface area contributed by atoms with Crippen LogP contribution in [0.15, 0.2) is 18.2 Å². The highest BCUT2D eigenvalue weighted by molar-refractivity contribution is 5.35. The Labute approximate surface area is 77.0 Å². The Kier molecular flexibility index (Phi) is 1.47.